The third-order valence-electron chi connectivity index (χ3n) is 2.26. The van der Waals surface area contributed by atoms with Crippen LogP contribution in [0.2, 0.25) is 0 Å². The van der Waals surface area contributed by atoms with E-state index in [9.17, 15) is 4.79 Å². The van der Waals surface area contributed by atoms with Gasteiger partial charge in [0.15, 0.2) is 0 Å². The predicted octanol–water partition coefficient (Wildman–Crippen LogP) is 1.85. The number of amides is 1. The van der Waals surface area contributed by atoms with Crippen LogP contribution in [0, 0.1) is 0 Å². The number of halogens is 1. The molecular formula is C12H17BrN2O. The van der Waals surface area contributed by atoms with Crippen LogP contribution in [-0.4, -0.2) is 19.0 Å². The van der Waals surface area contributed by atoms with Gasteiger partial charge in [-0.2, -0.15) is 0 Å². The van der Waals surface area contributed by atoms with E-state index >= 15 is 0 Å². The van der Waals surface area contributed by atoms with Gasteiger partial charge in [0, 0.05) is 17.4 Å². The summed E-state index contributed by atoms with van der Waals surface area (Å²) >= 11 is 3.38. The van der Waals surface area contributed by atoms with E-state index < -0.39 is 0 Å². The molecule has 4 heteroatoms. The Kier molecular flexibility index (Phi) is 6.11. The number of carbonyl (C=O) groups excluding carboxylic acids is 1. The lowest BCUT2D eigenvalue weighted by Crippen LogP contribution is -2.25. The van der Waals surface area contributed by atoms with Crippen LogP contribution in [0.1, 0.15) is 18.4 Å². The minimum Gasteiger partial charge on any atom is -0.356 e. The lowest BCUT2D eigenvalue weighted by atomic mass is 10.1. The van der Waals surface area contributed by atoms with Gasteiger partial charge in [-0.3, -0.25) is 4.79 Å². The Labute approximate surface area is 105 Å². The lowest BCUT2D eigenvalue weighted by molar-refractivity contribution is -0.121. The van der Waals surface area contributed by atoms with Crippen LogP contribution >= 0.6 is 15.9 Å². The molecule has 0 aliphatic rings. The van der Waals surface area contributed by atoms with Gasteiger partial charge in [0.25, 0.3) is 0 Å². The summed E-state index contributed by atoms with van der Waals surface area (Å²) in [5.74, 6) is 0.0857. The first-order chi connectivity index (χ1) is 7.72. The fourth-order valence-corrected chi connectivity index (χ4v) is 1.61. The highest BCUT2D eigenvalue weighted by Crippen LogP contribution is 2.10. The van der Waals surface area contributed by atoms with Crippen LogP contribution in [0.25, 0.3) is 0 Å². The standard InChI is InChI=1S/C12H17BrN2O/c13-11-5-3-10(4-6-11)7-9-15-12(16)2-1-8-14/h3-6H,1-2,7-9,14H2,(H,15,16). The van der Waals surface area contributed by atoms with E-state index in [0.29, 0.717) is 19.5 Å². The largest absolute Gasteiger partial charge is 0.356 e. The molecule has 1 aromatic carbocycles. The molecule has 0 saturated carbocycles. The molecule has 0 aromatic heterocycles. The molecule has 0 aliphatic carbocycles. The summed E-state index contributed by atoms with van der Waals surface area (Å²) < 4.78 is 1.07. The first-order valence-electron chi connectivity index (χ1n) is 5.43. The quantitative estimate of drug-likeness (QED) is 0.838. The first kappa shape index (κ1) is 13.2. The van der Waals surface area contributed by atoms with E-state index in [-0.39, 0.29) is 5.91 Å². The molecule has 0 spiro atoms. The molecule has 1 aromatic rings. The van der Waals surface area contributed by atoms with E-state index in [1.54, 1.807) is 0 Å². The van der Waals surface area contributed by atoms with E-state index in [0.717, 1.165) is 17.3 Å². The minimum absolute atomic E-state index is 0.0857. The summed E-state index contributed by atoms with van der Waals surface area (Å²) in [6.07, 6.45) is 2.14. The van der Waals surface area contributed by atoms with Crippen molar-refractivity contribution < 1.29 is 4.79 Å². The third-order valence-corrected chi connectivity index (χ3v) is 2.79. The molecule has 3 nitrogen and oxygen atoms in total. The van der Waals surface area contributed by atoms with E-state index in [1.165, 1.54) is 5.56 Å². The van der Waals surface area contributed by atoms with E-state index in [1.807, 2.05) is 12.1 Å². The van der Waals surface area contributed by atoms with Crippen molar-refractivity contribution in [2.45, 2.75) is 19.3 Å². The van der Waals surface area contributed by atoms with Gasteiger partial charge in [0.1, 0.15) is 0 Å². The number of rotatable bonds is 6. The van der Waals surface area contributed by atoms with Crippen LogP contribution in [-0.2, 0) is 11.2 Å². The van der Waals surface area contributed by atoms with Crippen molar-refractivity contribution in [3.63, 3.8) is 0 Å². The smallest absolute Gasteiger partial charge is 0.220 e. The molecule has 0 fully saturated rings. The van der Waals surface area contributed by atoms with Gasteiger partial charge < -0.3 is 11.1 Å². The Morgan fingerprint density at radius 3 is 2.62 bits per heavy atom. The van der Waals surface area contributed by atoms with Crippen molar-refractivity contribution in [1.29, 1.82) is 0 Å². The maximum absolute atomic E-state index is 11.3. The van der Waals surface area contributed by atoms with Crippen LogP contribution < -0.4 is 11.1 Å². The normalized spacial score (nSPS) is 10.1. The molecule has 0 atom stereocenters. The first-order valence-corrected chi connectivity index (χ1v) is 6.23. The fourth-order valence-electron chi connectivity index (χ4n) is 1.35. The number of nitrogens with one attached hydrogen (secondary N) is 1. The maximum Gasteiger partial charge on any atom is 0.220 e. The van der Waals surface area contributed by atoms with Gasteiger partial charge in [0.05, 0.1) is 0 Å². The van der Waals surface area contributed by atoms with Gasteiger partial charge in [-0.1, -0.05) is 28.1 Å². The molecule has 3 N–H and O–H groups in total. The average molecular weight is 285 g/mol. The molecule has 0 radical (unpaired) electrons. The Balaban J connectivity index is 2.20. The van der Waals surface area contributed by atoms with Crippen LogP contribution in [0.5, 0.6) is 0 Å². The monoisotopic (exact) mass is 284 g/mol. The summed E-state index contributed by atoms with van der Waals surface area (Å²) in [4.78, 5) is 11.3. The molecule has 16 heavy (non-hydrogen) atoms. The molecule has 0 bridgehead atoms. The van der Waals surface area contributed by atoms with Crippen LogP contribution in [0.3, 0.4) is 0 Å². The summed E-state index contributed by atoms with van der Waals surface area (Å²) in [5.41, 5.74) is 6.55. The van der Waals surface area contributed by atoms with E-state index in [2.05, 4.69) is 33.4 Å². The molecule has 1 amide bonds. The zero-order valence-corrected chi connectivity index (χ0v) is 10.8. The predicted molar refractivity (Wildman–Crippen MR) is 69.1 cm³/mol. The van der Waals surface area contributed by atoms with Gasteiger partial charge >= 0.3 is 0 Å². The summed E-state index contributed by atoms with van der Waals surface area (Å²) in [7, 11) is 0. The van der Waals surface area contributed by atoms with Gasteiger partial charge in [-0.25, -0.2) is 0 Å². The highest BCUT2D eigenvalue weighted by molar-refractivity contribution is 9.10. The van der Waals surface area contributed by atoms with Gasteiger partial charge in [0.2, 0.25) is 5.91 Å². The third kappa shape index (κ3) is 5.28. The van der Waals surface area contributed by atoms with Crippen molar-refractivity contribution in [3.05, 3.63) is 34.3 Å². The highest BCUT2D eigenvalue weighted by Gasteiger charge is 1.99. The molecule has 0 unspecified atom stereocenters. The molecule has 88 valence electrons. The molecular weight excluding hydrogens is 268 g/mol. The van der Waals surface area contributed by atoms with Crippen LogP contribution in [0.4, 0.5) is 0 Å². The number of nitrogens with two attached hydrogens (primary N) is 1. The zero-order chi connectivity index (χ0) is 11.8. The van der Waals surface area contributed by atoms with E-state index in [4.69, 9.17) is 5.73 Å². The van der Waals surface area contributed by atoms with Crippen molar-refractivity contribution in [3.8, 4) is 0 Å². The second kappa shape index (κ2) is 7.41. The number of carbonyl (C=O) groups is 1. The Morgan fingerprint density at radius 2 is 2.00 bits per heavy atom. The minimum atomic E-state index is 0.0857. The molecule has 0 saturated heterocycles. The molecule has 1 rings (SSSR count). The summed E-state index contributed by atoms with van der Waals surface area (Å²) in [6, 6.07) is 8.11. The molecule has 0 heterocycles. The highest BCUT2D eigenvalue weighted by atomic mass is 79.9. The number of benzene rings is 1. The maximum atomic E-state index is 11.3. The van der Waals surface area contributed by atoms with Crippen molar-refractivity contribution in [2.75, 3.05) is 13.1 Å². The Morgan fingerprint density at radius 1 is 1.31 bits per heavy atom. The lowest BCUT2D eigenvalue weighted by Gasteiger charge is -2.04. The van der Waals surface area contributed by atoms with Crippen LogP contribution in [0.15, 0.2) is 28.7 Å². The fraction of sp³-hybridized carbons (Fsp3) is 0.417. The SMILES string of the molecule is NCCCC(=O)NCCc1ccc(Br)cc1. The van der Waals surface area contributed by atoms with Gasteiger partial charge in [-0.05, 0) is 37.1 Å². The number of hydrogen-bond acceptors (Lipinski definition) is 2. The van der Waals surface area contributed by atoms with Crippen molar-refractivity contribution in [2.24, 2.45) is 5.73 Å². The van der Waals surface area contributed by atoms with Crippen molar-refractivity contribution >= 4 is 21.8 Å². The number of hydrogen-bond donors (Lipinski definition) is 2. The Hall–Kier alpha value is -0.870. The summed E-state index contributed by atoms with van der Waals surface area (Å²) in [5, 5.41) is 2.87. The molecule has 0 aliphatic heterocycles. The summed E-state index contributed by atoms with van der Waals surface area (Å²) in [6.45, 7) is 1.26. The Bertz CT molecular complexity index is 324. The topological polar surface area (TPSA) is 55.1 Å². The second-order valence-corrected chi connectivity index (χ2v) is 4.53. The van der Waals surface area contributed by atoms with Gasteiger partial charge in [-0.15, -0.1) is 0 Å². The second-order valence-electron chi connectivity index (χ2n) is 3.62. The zero-order valence-electron chi connectivity index (χ0n) is 9.21. The average Bonchev–Trinajstić information content (AvgIpc) is 2.29. The van der Waals surface area contributed by atoms with Crippen molar-refractivity contribution in [1.82, 2.24) is 5.32 Å².